The number of rotatable bonds is 7. The highest BCUT2D eigenvalue weighted by Crippen LogP contribution is 2.21. The molecule has 3 rings (SSSR count). The number of carbonyl (C=O) groups is 1. The lowest BCUT2D eigenvalue weighted by Gasteiger charge is -2.13. The quantitative estimate of drug-likeness (QED) is 0.641. The molecule has 0 fully saturated rings. The Morgan fingerprint density at radius 3 is 2.58 bits per heavy atom. The summed E-state index contributed by atoms with van der Waals surface area (Å²) in [5.41, 5.74) is 3.22. The number of benzene rings is 1. The van der Waals surface area contributed by atoms with Gasteiger partial charge in [-0.25, -0.2) is 9.97 Å². The van der Waals surface area contributed by atoms with Crippen molar-refractivity contribution in [3.8, 4) is 0 Å². The summed E-state index contributed by atoms with van der Waals surface area (Å²) in [4.78, 5) is 19.6. The van der Waals surface area contributed by atoms with Crippen LogP contribution in [-0.4, -0.2) is 22.4 Å². The van der Waals surface area contributed by atoms with Gasteiger partial charge in [0.1, 0.15) is 18.0 Å². The smallest absolute Gasteiger partial charge is 0.221 e. The molecule has 6 nitrogen and oxygen atoms in total. The molecule has 0 spiro atoms. The molecule has 3 N–H and O–H groups in total. The average Bonchev–Trinajstić information content (AvgIpc) is 2.64. The van der Waals surface area contributed by atoms with Crippen LogP contribution in [0.1, 0.15) is 39.0 Å². The minimum absolute atomic E-state index is 0.0822. The lowest BCUT2D eigenvalue weighted by Crippen LogP contribution is -2.07. The predicted octanol–water partition coefficient (Wildman–Crippen LogP) is 4.48. The summed E-state index contributed by atoms with van der Waals surface area (Å²) in [5, 5.41) is 9.37. The van der Waals surface area contributed by atoms with Crippen LogP contribution in [0, 0.1) is 0 Å². The zero-order valence-electron chi connectivity index (χ0n) is 15.1. The number of nitrogens with zero attached hydrogens (tertiary/aromatic N) is 2. The van der Waals surface area contributed by atoms with Crippen LogP contribution in [0.25, 0.3) is 0 Å². The summed E-state index contributed by atoms with van der Waals surface area (Å²) in [7, 11) is 0. The minimum Gasteiger partial charge on any atom is -0.370 e. The average molecular weight is 351 g/mol. The first-order valence-electron chi connectivity index (χ1n) is 9.07. The van der Waals surface area contributed by atoms with Crippen LogP contribution in [0.4, 0.5) is 23.0 Å². The van der Waals surface area contributed by atoms with Crippen LogP contribution in [0.5, 0.6) is 0 Å². The Morgan fingerprint density at radius 2 is 1.85 bits per heavy atom. The Morgan fingerprint density at radius 1 is 1.08 bits per heavy atom. The van der Waals surface area contributed by atoms with E-state index in [-0.39, 0.29) is 5.91 Å². The number of carbonyl (C=O) groups excluding carboxylic acids is 1. The molecule has 1 aromatic carbocycles. The van der Waals surface area contributed by atoms with Crippen LogP contribution in [-0.2, 0) is 4.79 Å². The van der Waals surface area contributed by atoms with Gasteiger partial charge in [-0.05, 0) is 56.4 Å². The van der Waals surface area contributed by atoms with Gasteiger partial charge in [-0.1, -0.05) is 11.6 Å². The van der Waals surface area contributed by atoms with Gasteiger partial charge < -0.3 is 16.0 Å². The van der Waals surface area contributed by atoms with Gasteiger partial charge >= 0.3 is 0 Å². The number of hydrogen-bond donors (Lipinski definition) is 3. The fourth-order valence-corrected chi connectivity index (χ4v) is 2.99. The Hall–Kier alpha value is -2.89. The molecule has 0 bridgehead atoms. The van der Waals surface area contributed by atoms with Crippen LogP contribution in [0.2, 0.25) is 0 Å². The first kappa shape index (κ1) is 17.9. The van der Waals surface area contributed by atoms with Crippen molar-refractivity contribution in [3.63, 3.8) is 0 Å². The van der Waals surface area contributed by atoms with E-state index in [0.29, 0.717) is 0 Å². The molecule has 136 valence electrons. The third-order valence-corrected chi connectivity index (χ3v) is 4.28. The van der Waals surface area contributed by atoms with Crippen molar-refractivity contribution >= 4 is 28.9 Å². The van der Waals surface area contributed by atoms with E-state index in [1.54, 1.807) is 11.9 Å². The fraction of sp³-hybridized carbons (Fsp3) is 0.350. The summed E-state index contributed by atoms with van der Waals surface area (Å²) in [6, 6.07) is 9.40. The summed E-state index contributed by atoms with van der Waals surface area (Å²) >= 11 is 0. The molecule has 26 heavy (non-hydrogen) atoms. The third-order valence-electron chi connectivity index (χ3n) is 4.28. The van der Waals surface area contributed by atoms with E-state index in [1.807, 2.05) is 30.3 Å². The second-order valence-electron chi connectivity index (χ2n) is 6.46. The zero-order valence-corrected chi connectivity index (χ0v) is 15.1. The van der Waals surface area contributed by atoms with Crippen molar-refractivity contribution in [3.05, 3.63) is 48.3 Å². The molecule has 0 atom stereocenters. The van der Waals surface area contributed by atoms with Crippen LogP contribution in [0.3, 0.4) is 0 Å². The van der Waals surface area contributed by atoms with E-state index in [1.165, 1.54) is 32.6 Å². The van der Waals surface area contributed by atoms with Gasteiger partial charge in [0.15, 0.2) is 0 Å². The van der Waals surface area contributed by atoms with Crippen LogP contribution < -0.4 is 16.0 Å². The van der Waals surface area contributed by atoms with Crippen molar-refractivity contribution < 1.29 is 4.79 Å². The molecule has 2 aromatic rings. The van der Waals surface area contributed by atoms with Gasteiger partial charge in [0, 0.05) is 30.9 Å². The summed E-state index contributed by atoms with van der Waals surface area (Å²) in [5.74, 6) is 1.46. The minimum atomic E-state index is -0.0822. The highest BCUT2D eigenvalue weighted by Gasteiger charge is 2.04. The molecule has 1 heterocycles. The molecule has 0 saturated heterocycles. The number of amides is 1. The summed E-state index contributed by atoms with van der Waals surface area (Å²) in [6.07, 6.45) is 10.1. The summed E-state index contributed by atoms with van der Waals surface area (Å²) in [6.45, 7) is 2.38. The molecule has 0 unspecified atom stereocenters. The molecule has 1 amide bonds. The Bertz CT molecular complexity index is 770. The van der Waals surface area contributed by atoms with Gasteiger partial charge in [-0.15, -0.1) is 0 Å². The largest absolute Gasteiger partial charge is 0.370 e. The Balaban J connectivity index is 1.53. The topological polar surface area (TPSA) is 78.9 Å². The molecule has 6 heteroatoms. The standard InChI is InChI=1S/C20H25N5O/c1-15(26)24-17-7-9-18(10-8-17)25-20-13-19(22-14-23-20)21-12-11-16-5-3-2-4-6-16/h5,7-10,13-14H,2-4,6,11-12H2,1H3,(H,24,26)(H2,21,22,23,25). The lowest BCUT2D eigenvalue weighted by atomic mass is 9.97. The zero-order chi connectivity index (χ0) is 18.2. The van der Waals surface area contributed by atoms with Gasteiger partial charge in [0.2, 0.25) is 5.91 Å². The number of aromatic nitrogens is 2. The molecule has 0 radical (unpaired) electrons. The Kier molecular flexibility index (Phi) is 6.19. The van der Waals surface area contributed by atoms with Crippen molar-refractivity contribution in [1.82, 2.24) is 9.97 Å². The van der Waals surface area contributed by atoms with Crippen LogP contribution >= 0.6 is 0 Å². The van der Waals surface area contributed by atoms with Gasteiger partial charge in [0.05, 0.1) is 0 Å². The van der Waals surface area contributed by atoms with E-state index in [0.717, 1.165) is 36.0 Å². The maximum Gasteiger partial charge on any atom is 0.221 e. The highest BCUT2D eigenvalue weighted by molar-refractivity contribution is 5.88. The van der Waals surface area contributed by atoms with Crippen molar-refractivity contribution in [2.24, 2.45) is 0 Å². The van der Waals surface area contributed by atoms with E-state index >= 15 is 0 Å². The molecule has 0 saturated carbocycles. The van der Waals surface area contributed by atoms with Crippen molar-refractivity contribution in [2.75, 3.05) is 22.5 Å². The van der Waals surface area contributed by atoms with Crippen LogP contribution in [0.15, 0.2) is 48.3 Å². The Labute approximate surface area is 154 Å². The molecule has 1 aromatic heterocycles. The van der Waals surface area contributed by atoms with E-state index in [2.05, 4.69) is 32.0 Å². The lowest BCUT2D eigenvalue weighted by molar-refractivity contribution is -0.114. The predicted molar refractivity (Wildman–Crippen MR) is 106 cm³/mol. The number of anilines is 4. The molecular formula is C20H25N5O. The first-order chi connectivity index (χ1) is 12.7. The maximum absolute atomic E-state index is 11.1. The first-order valence-corrected chi connectivity index (χ1v) is 9.07. The molecular weight excluding hydrogens is 326 g/mol. The SMILES string of the molecule is CC(=O)Nc1ccc(Nc2cc(NCCC3=CCCCC3)ncn2)cc1. The summed E-state index contributed by atoms with van der Waals surface area (Å²) < 4.78 is 0. The van der Waals surface area contributed by atoms with Crippen molar-refractivity contribution in [2.45, 2.75) is 39.0 Å². The second-order valence-corrected chi connectivity index (χ2v) is 6.46. The van der Waals surface area contributed by atoms with E-state index < -0.39 is 0 Å². The number of allylic oxidation sites excluding steroid dienone is 1. The second kappa shape index (κ2) is 8.99. The van der Waals surface area contributed by atoms with Gasteiger partial charge in [0.25, 0.3) is 0 Å². The number of hydrogen-bond acceptors (Lipinski definition) is 5. The van der Waals surface area contributed by atoms with Gasteiger partial charge in [-0.2, -0.15) is 0 Å². The van der Waals surface area contributed by atoms with E-state index in [9.17, 15) is 4.79 Å². The van der Waals surface area contributed by atoms with Crippen molar-refractivity contribution in [1.29, 1.82) is 0 Å². The maximum atomic E-state index is 11.1. The fourth-order valence-electron chi connectivity index (χ4n) is 2.99. The number of nitrogens with one attached hydrogen (secondary N) is 3. The molecule has 1 aliphatic carbocycles. The monoisotopic (exact) mass is 351 g/mol. The molecule has 1 aliphatic rings. The molecule has 0 aliphatic heterocycles. The third kappa shape index (κ3) is 5.58. The van der Waals surface area contributed by atoms with Gasteiger partial charge in [-0.3, -0.25) is 4.79 Å². The highest BCUT2D eigenvalue weighted by atomic mass is 16.1. The normalized spacial score (nSPS) is 13.7. The van der Waals surface area contributed by atoms with E-state index in [4.69, 9.17) is 0 Å².